The maximum Gasteiger partial charge on any atom is 0.268 e. The first-order chi connectivity index (χ1) is 11.7. The fourth-order valence-electron chi connectivity index (χ4n) is 2.95. The standard InChI is InChI=1S/C17H21N3O3S/c1-23-16-9-18-14(8-15(16)21)17(22)19-12-4-2-6-20(10-12)11-13-5-3-7-24-13/h3,5,7-9,12H,2,4,6,10-11H2,1H3,(H,18,21)(H,19,22)/t12-/m1/s1. The number of nitrogens with one attached hydrogen (secondary N) is 2. The van der Waals surface area contributed by atoms with Crippen LogP contribution in [0.1, 0.15) is 28.2 Å². The van der Waals surface area contributed by atoms with Gasteiger partial charge in [0.15, 0.2) is 5.75 Å². The Balaban J connectivity index is 1.59. The molecule has 2 aromatic rings. The molecule has 2 N–H and O–H groups in total. The maximum atomic E-state index is 12.3. The number of carbonyl (C=O) groups is 1. The van der Waals surface area contributed by atoms with Crippen LogP contribution in [-0.4, -0.2) is 42.0 Å². The Morgan fingerprint density at radius 3 is 3.12 bits per heavy atom. The third-order valence-electron chi connectivity index (χ3n) is 4.14. The van der Waals surface area contributed by atoms with Gasteiger partial charge in [-0.15, -0.1) is 11.3 Å². The minimum atomic E-state index is -0.302. The molecule has 24 heavy (non-hydrogen) atoms. The molecule has 1 fully saturated rings. The highest BCUT2D eigenvalue weighted by Gasteiger charge is 2.22. The van der Waals surface area contributed by atoms with Crippen molar-refractivity contribution in [2.24, 2.45) is 0 Å². The van der Waals surface area contributed by atoms with Crippen LogP contribution in [0, 0.1) is 0 Å². The summed E-state index contributed by atoms with van der Waals surface area (Å²) in [4.78, 5) is 30.6. The topological polar surface area (TPSA) is 74.4 Å². The Kier molecular flexibility index (Phi) is 5.32. The lowest BCUT2D eigenvalue weighted by Crippen LogP contribution is -2.47. The molecule has 1 aliphatic heterocycles. The molecular formula is C17H21N3O3S. The monoisotopic (exact) mass is 347 g/mol. The van der Waals surface area contributed by atoms with Crippen molar-refractivity contribution in [3.05, 3.63) is 50.6 Å². The summed E-state index contributed by atoms with van der Waals surface area (Å²) in [6, 6.07) is 5.57. The van der Waals surface area contributed by atoms with E-state index in [-0.39, 0.29) is 28.8 Å². The number of methoxy groups -OCH3 is 1. The molecular weight excluding hydrogens is 326 g/mol. The van der Waals surface area contributed by atoms with E-state index in [1.54, 1.807) is 11.3 Å². The second-order valence-corrected chi connectivity index (χ2v) is 6.94. The largest absolute Gasteiger partial charge is 0.491 e. The van der Waals surface area contributed by atoms with E-state index in [0.29, 0.717) is 0 Å². The van der Waals surface area contributed by atoms with Gasteiger partial charge in [0, 0.05) is 36.3 Å². The zero-order valence-corrected chi connectivity index (χ0v) is 14.4. The molecule has 0 radical (unpaired) electrons. The van der Waals surface area contributed by atoms with Crippen molar-refractivity contribution >= 4 is 17.2 Å². The molecule has 128 valence electrons. The molecule has 0 bridgehead atoms. The number of H-pyrrole nitrogens is 1. The molecule has 1 saturated heterocycles. The zero-order chi connectivity index (χ0) is 16.9. The normalized spacial score (nSPS) is 18.3. The highest BCUT2D eigenvalue weighted by Crippen LogP contribution is 2.17. The number of rotatable bonds is 5. The summed E-state index contributed by atoms with van der Waals surface area (Å²) in [6.07, 6.45) is 3.42. The van der Waals surface area contributed by atoms with Gasteiger partial charge < -0.3 is 15.0 Å². The molecule has 7 heteroatoms. The first-order valence-corrected chi connectivity index (χ1v) is 8.86. The van der Waals surface area contributed by atoms with Gasteiger partial charge in [0.25, 0.3) is 5.91 Å². The van der Waals surface area contributed by atoms with E-state index in [1.807, 2.05) is 0 Å². The summed E-state index contributed by atoms with van der Waals surface area (Å²) in [5, 5.41) is 5.10. The summed E-state index contributed by atoms with van der Waals surface area (Å²) < 4.78 is 4.91. The van der Waals surface area contributed by atoms with Crippen LogP contribution in [0.25, 0.3) is 0 Å². The molecule has 2 aromatic heterocycles. The lowest BCUT2D eigenvalue weighted by Gasteiger charge is -2.32. The number of piperidine rings is 1. The Morgan fingerprint density at radius 2 is 2.42 bits per heavy atom. The Hall–Kier alpha value is -2.12. The van der Waals surface area contributed by atoms with Gasteiger partial charge in [-0.05, 0) is 30.8 Å². The van der Waals surface area contributed by atoms with Gasteiger partial charge >= 0.3 is 0 Å². The van der Waals surface area contributed by atoms with Gasteiger partial charge in [-0.3, -0.25) is 14.5 Å². The quantitative estimate of drug-likeness (QED) is 0.865. The second-order valence-electron chi connectivity index (χ2n) is 5.91. The number of thiophene rings is 1. The minimum Gasteiger partial charge on any atom is -0.491 e. The first-order valence-electron chi connectivity index (χ1n) is 7.98. The van der Waals surface area contributed by atoms with Crippen molar-refractivity contribution in [1.29, 1.82) is 0 Å². The number of hydrogen-bond donors (Lipinski definition) is 2. The Morgan fingerprint density at radius 1 is 1.54 bits per heavy atom. The Labute approximate surface area is 144 Å². The number of aromatic nitrogens is 1. The van der Waals surface area contributed by atoms with Crippen molar-refractivity contribution in [3.8, 4) is 5.75 Å². The van der Waals surface area contributed by atoms with Crippen LogP contribution >= 0.6 is 11.3 Å². The molecule has 0 saturated carbocycles. The van der Waals surface area contributed by atoms with Gasteiger partial charge in [0.05, 0.1) is 7.11 Å². The molecule has 0 spiro atoms. The van der Waals surface area contributed by atoms with E-state index in [0.717, 1.165) is 32.5 Å². The molecule has 1 aliphatic rings. The number of aromatic amines is 1. The van der Waals surface area contributed by atoms with E-state index in [1.165, 1.54) is 24.3 Å². The van der Waals surface area contributed by atoms with Crippen LogP contribution in [0.2, 0.25) is 0 Å². The lowest BCUT2D eigenvalue weighted by atomic mass is 10.1. The zero-order valence-electron chi connectivity index (χ0n) is 13.6. The molecule has 0 unspecified atom stereocenters. The first kappa shape index (κ1) is 16.7. The highest BCUT2D eigenvalue weighted by molar-refractivity contribution is 7.09. The summed E-state index contributed by atoms with van der Waals surface area (Å²) in [5.41, 5.74) is -0.0412. The van der Waals surface area contributed by atoms with Crippen molar-refractivity contribution < 1.29 is 9.53 Å². The van der Waals surface area contributed by atoms with E-state index in [9.17, 15) is 9.59 Å². The molecule has 6 nitrogen and oxygen atoms in total. The summed E-state index contributed by atoms with van der Waals surface area (Å²) >= 11 is 1.75. The summed E-state index contributed by atoms with van der Waals surface area (Å²) in [7, 11) is 1.43. The van der Waals surface area contributed by atoms with Gasteiger partial charge in [0.1, 0.15) is 5.69 Å². The van der Waals surface area contributed by atoms with Gasteiger partial charge in [-0.1, -0.05) is 6.07 Å². The number of likely N-dealkylation sites (tertiary alicyclic amines) is 1. The maximum absolute atomic E-state index is 12.3. The molecule has 0 aromatic carbocycles. The molecule has 3 heterocycles. The van der Waals surface area contributed by atoms with Crippen LogP contribution in [-0.2, 0) is 6.54 Å². The van der Waals surface area contributed by atoms with Crippen molar-refractivity contribution in [2.75, 3.05) is 20.2 Å². The number of pyridine rings is 1. The third-order valence-corrected chi connectivity index (χ3v) is 5.00. The molecule has 1 atom stereocenters. The van der Waals surface area contributed by atoms with E-state index in [2.05, 4.69) is 32.7 Å². The highest BCUT2D eigenvalue weighted by atomic mass is 32.1. The fourth-order valence-corrected chi connectivity index (χ4v) is 3.70. The Bertz CT molecular complexity index is 742. The smallest absolute Gasteiger partial charge is 0.268 e. The van der Waals surface area contributed by atoms with Crippen molar-refractivity contribution in [3.63, 3.8) is 0 Å². The predicted molar refractivity (Wildman–Crippen MR) is 93.7 cm³/mol. The van der Waals surface area contributed by atoms with Crippen LogP contribution in [0.15, 0.2) is 34.6 Å². The van der Waals surface area contributed by atoms with Crippen molar-refractivity contribution in [1.82, 2.24) is 15.2 Å². The van der Waals surface area contributed by atoms with Gasteiger partial charge in [-0.25, -0.2) is 0 Å². The van der Waals surface area contributed by atoms with Gasteiger partial charge in [0.2, 0.25) is 5.43 Å². The number of nitrogens with zero attached hydrogens (tertiary/aromatic N) is 1. The average molecular weight is 347 g/mol. The SMILES string of the molecule is COc1c[nH]c(C(=O)N[C@@H]2CCCN(Cc3cccs3)C2)cc1=O. The third kappa shape index (κ3) is 4.04. The van der Waals surface area contributed by atoms with Crippen LogP contribution in [0.4, 0.5) is 0 Å². The average Bonchev–Trinajstić information content (AvgIpc) is 3.08. The van der Waals surface area contributed by atoms with E-state index in [4.69, 9.17) is 4.74 Å². The summed E-state index contributed by atoms with van der Waals surface area (Å²) in [5.74, 6) is -0.0518. The van der Waals surface area contributed by atoms with Crippen molar-refractivity contribution in [2.45, 2.75) is 25.4 Å². The van der Waals surface area contributed by atoms with E-state index < -0.39 is 0 Å². The fraction of sp³-hybridized carbons (Fsp3) is 0.412. The number of carbonyl (C=O) groups excluding carboxylic acids is 1. The lowest BCUT2D eigenvalue weighted by molar-refractivity contribution is 0.0896. The molecule has 3 rings (SSSR count). The molecule has 0 aliphatic carbocycles. The second kappa shape index (κ2) is 7.63. The van der Waals surface area contributed by atoms with Crippen LogP contribution < -0.4 is 15.5 Å². The number of amides is 1. The van der Waals surface area contributed by atoms with Gasteiger partial charge in [-0.2, -0.15) is 0 Å². The number of hydrogen-bond acceptors (Lipinski definition) is 5. The minimum absolute atomic E-state index is 0.0943. The van der Waals surface area contributed by atoms with Crippen LogP contribution in [0.3, 0.4) is 0 Å². The predicted octanol–water partition coefficient (Wildman–Crippen LogP) is 1.84. The summed E-state index contributed by atoms with van der Waals surface area (Å²) in [6.45, 7) is 2.79. The number of ether oxygens (including phenoxy) is 1. The van der Waals surface area contributed by atoms with E-state index >= 15 is 0 Å². The van der Waals surface area contributed by atoms with Crippen LogP contribution in [0.5, 0.6) is 5.75 Å². The molecule has 1 amide bonds.